The highest BCUT2D eigenvalue weighted by atomic mass is 32.1. The third-order valence-electron chi connectivity index (χ3n) is 2.94. The van der Waals surface area contributed by atoms with E-state index in [-0.39, 0.29) is 5.69 Å². The van der Waals surface area contributed by atoms with Gasteiger partial charge in [-0.15, -0.1) is 0 Å². The molecule has 2 rings (SSSR count). The second-order valence-corrected chi connectivity index (χ2v) is 4.50. The molecule has 0 aliphatic carbocycles. The molecule has 0 aliphatic heterocycles. The van der Waals surface area contributed by atoms with Crippen molar-refractivity contribution in [1.29, 1.82) is 0 Å². The van der Waals surface area contributed by atoms with E-state index >= 15 is 0 Å². The number of methoxy groups -OCH3 is 1. The Kier molecular flexibility index (Phi) is 5.14. The summed E-state index contributed by atoms with van der Waals surface area (Å²) in [4.78, 5) is 14.1. The first kappa shape index (κ1) is 15.6. The molecule has 0 fully saturated rings. The van der Waals surface area contributed by atoms with Gasteiger partial charge in [0.1, 0.15) is 11.4 Å². The quantitative estimate of drug-likeness (QED) is 0.268. The molecule has 2 aromatic carbocycles. The lowest BCUT2D eigenvalue weighted by molar-refractivity contribution is -0.384. The van der Waals surface area contributed by atoms with E-state index < -0.39 is 4.92 Å². The Morgan fingerprint density at radius 3 is 2.41 bits per heavy atom. The fraction of sp³-hybridized carbons (Fsp3) is 0.0625. The van der Waals surface area contributed by atoms with Crippen LogP contribution < -0.4 is 4.74 Å². The van der Waals surface area contributed by atoms with E-state index in [1.54, 1.807) is 25.3 Å². The first-order valence-electron chi connectivity index (χ1n) is 6.32. The largest absolute Gasteiger partial charge is 0.494 e. The van der Waals surface area contributed by atoms with Gasteiger partial charge in [-0.2, -0.15) is 4.99 Å². The highest BCUT2D eigenvalue weighted by Crippen LogP contribution is 2.28. The van der Waals surface area contributed by atoms with Gasteiger partial charge in [0.15, 0.2) is 0 Å². The van der Waals surface area contributed by atoms with Crippen LogP contribution in [0.15, 0.2) is 47.5 Å². The average molecular weight is 312 g/mol. The molecular weight excluding hydrogens is 300 g/mol. The molecule has 22 heavy (non-hydrogen) atoms. The molecule has 0 amide bonds. The first-order chi connectivity index (χ1) is 10.6. The summed E-state index contributed by atoms with van der Waals surface area (Å²) >= 11 is 4.61. The second-order valence-electron chi connectivity index (χ2n) is 4.32. The van der Waals surface area contributed by atoms with Gasteiger partial charge >= 0.3 is 0 Å². The van der Waals surface area contributed by atoms with Crippen molar-refractivity contribution in [2.45, 2.75) is 0 Å². The van der Waals surface area contributed by atoms with Crippen molar-refractivity contribution in [3.63, 3.8) is 0 Å². The highest BCUT2D eigenvalue weighted by molar-refractivity contribution is 7.78. The maximum Gasteiger partial charge on any atom is 0.269 e. The van der Waals surface area contributed by atoms with E-state index in [9.17, 15) is 10.1 Å². The third-order valence-corrected chi connectivity index (χ3v) is 3.03. The monoisotopic (exact) mass is 312 g/mol. The lowest BCUT2D eigenvalue weighted by Crippen LogP contribution is -1.86. The number of ether oxygens (including phenoxy) is 1. The van der Waals surface area contributed by atoms with Crippen LogP contribution in [0, 0.1) is 10.1 Å². The molecule has 0 bridgehead atoms. The van der Waals surface area contributed by atoms with Crippen molar-refractivity contribution in [2.24, 2.45) is 4.99 Å². The minimum atomic E-state index is -0.424. The van der Waals surface area contributed by atoms with Crippen LogP contribution in [0.4, 0.5) is 11.4 Å². The lowest BCUT2D eigenvalue weighted by Gasteiger charge is -2.04. The molecule has 0 spiro atoms. The van der Waals surface area contributed by atoms with E-state index in [1.807, 2.05) is 24.3 Å². The van der Waals surface area contributed by atoms with Gasteiger partial charge in [0.2, 0.25) is 0 Å². The minimum Gasteiger partial charge on any atom is -0.494 e. The van der Waals surface area contributed by atoms with Crippen molar-refractivity contribution >= 4 is 40.9 Å². The molecular formula is C16H12N2O3S. The fourth-order valence-corrected chi connectivity index (χ4v) is 1.95. The number of nitrogens with zero attached hydrogens (tertiary/aromatic N) is 2. The molecule has 0 radical (unpaired) electrons. The first-order valence-corrected chi connectivity index (χ1v) is 6.73. The van der Waals surface area contributed by atoms with Gasteiger partial charge in [0.25, 0.3) is 5.69 Å². The maximum absolute atomic E-state index is 10.6. The minimum absolute atomic E-state index is 0.0687. The molecule has 110 valence electrons. The van der Waals surface area contributed by atoms with E-state index in [2.05, 4.69) is 22.4 Å². The zero-order chi connectivity index (χ0) is 15.9. The molecule has 6 heteroatoms. The van der Waals surface area contributed by atoms with Gasteiger partial charge in [-0.3, -0.25) is 10.1 Å². The van der Waals surface area contributed by atoms with Crippen molar-refractivity contribution in [3.8, 4) is 5.75 Å². The normalized spacial score (nSPS) is 10.2. The molecule has 0 aromatic heterocycles. The van der Waals surface area contributed by atoms with E-state index in [4.69, 9.17) is 4.74 Å². The smallest absolute Gasteiger partial charge is 0.269 e. The van der Waals surface area contributed by atoms with Crippen molar-refractivity contribution < 1.29 is 9.66 Å². The second kappa shape index (κ2) is 7.26. The van der Waals surface area contributed by atoms with Crippen LogP contribution in [0.2, 0.25) is 0 Å². The highest BCUT2D eigenvalue weighted by Gasteiger charge is 2.03. The number of non-ortho nitro benzene ring substituents is 1. The summed E-state index contributed by atoms with van der Waals surface area (Å²) in [5.74, 6) is 0.616. The van der Waals surface area contributed by atoms with Crippen LogP contribution in [0.3, 0.4) is 0 Å². The Morgan fingerprint density at radius 2 is 1.82 bits per heavy atom. The number of hydrogen-bond donors (Lipinski definition) is 0. The summed E-state index contributed by atoms with van der Waals surface area (Å²) in [5.41, 5.74) is 2.44. The topological polar surface area (TPSA) is 64.7 Å². The predicted octanol–water partition coefficient (Wildman–Crippen LogP) is 4.51. The van der Waals surface area contributed by atoms with Crippen LogP contribution in [0.1, 0.15) is 11.1 Å². The Hall–Kier alpha value is -2.82. The van der Waals surface area contributed by atoms with E-state index in [1.165, 1.54) is 12.1 Å². The molecule has 0 heterocycles. The zero-order valence-corrected chi connectivity index (χ0v) is 12.5. The summed E-state index contributed by atoms with van der Waals surface area (Å²) in [6.45, 7) is 0. The Morgan fingerprint density at radius 1 is 1.18 bits per heavy atom. The van der Waals surface area contributed by atoms with E-state index in [0.29, 0.717) is 11.4 Å². The van der Waals surface area contributed by atoms with Crippen molar-refractivity contribution in [2.75, 3.05) is 7.11 Å². The summed E-state index contributed by atoms with van der Waals surface area (Å²) in [6.07, 6.45) is 3.74. The molecule has 5 nitrogen and oxygen atoms in total. The summed E-state index contributed by atoms with van der Waals surface area (Å²) in [7, 11) is 1.56. The van der Waals surface area contributed by atoms with E-state index in [0.717, 1.165) is 11.1 Å². The molecule has 0 N–H and O–H groups in total. The molecule has 2 aromatic rings. The van der Waals surface area contributed by atoms with Gasteiger partial charge in [-0.25, -0.2) is 0 Å². The number of benzene rings is 2. The van der Waals surface area contributed by atoms with Crippen molar-refractivity contribution in [3.05, 3.63) is 63.7 Å². The molecule has 0 saturated carbocycles. The van der Waals surface area contributed by atoms with Gasteiger partial charge in [0, 0.05) is 12.1 Å². The number of hydrogen-bond acceptors (Lipinski definition) is 5. The van der Waals surface area contributed by atoms with Gasteiger partial charge in [-0.1, -0.05) is 18.2 Å². The fourth-order valence-electron chi connectivity index (χ4n) is 1.85. The zero-order valence-electron chi connectivity index (χ0n) is 11.7. The average Bonchev–Trinajstić information content (AvgIpc) is 2.54. The van der Waals surface area contributed by atoms with Gasteiger partial charge < -0.3 is 4.74 Å². The number of rotatable bonds is 5. The van der Waals surface area contributed by atoms with Crippen LogP contribution in [-0.2, 0) is 0 Å². The third kappa shape index (κ3) is 3.85. The van der Waals surface area contributed by atoms with Crippen LogP contribution in [0.5, 0.6) is 5.75 Å². The van der Waals surface area contributed by atoms with Crippen LogP contribution in [-0.4, -0.2) is 17.2 Å². The molecule has 0 saturated heterocycles. The Bertz CT molecular complexity index is 763. The Balaban J connectivity index is 2.24. The SMILES string of the molecule is COc1ccc(C=Cc2ccc([N+](=O)[O-])cc2)cc1N=C=S. The maximum atomic E-state index is 10.6. The van der Waals surface area contributed by atoms with Gasteiger partial charge in [0.05, 0.1) is 17.2 Å². The van der Waals surface area contributed by atoms with Gasteiger partial charge in [-0.05, 0) is 47.6 Å². The number of nitro groups is 1. The van der Waals surface area contributed by atoms with Crippen LogP contribution >= 0.6 is 12.2 Å². The summed E-state index contributed by atoms with van der Waals surface area (Å²) in [5, 5.41) is 12.9. The molecule has 0 unspecified atom stereocenters. The summed E-state index contributed by atoms with van der Waals surface area (Å²) in [6, 6.07) is 11.8. The molecule has 0 atom stereocenters. The number of aliphatic imine (C=N–C) groups is 1. The summed E-state index contributed by atoms with van der Waals surface area (Å²) < 4.78 is 5.18. The predicted molar refractivity (Wildman–Crippen MR) is 89.7 cm³/mol. The number of nitro benzene ring substituents is 1. The molecule has 0 aliphatic rings. The number of isothiocyanates is 1. The van der Waals surface area contributed by atoms with Crippen LogP contribution in [0.25, 0.3) is 12.2 Å². The van der Waals surface area contributed by atoms with Crippen molar-refractivity contribution in [1.82, 2.24) is 0 Å². The lowest BCUT2D eigenvalue weighted by atomic mass is 10.1. The Labute approximate surface area is 132 Å². The standard InChI is InChI=1S/C16H12N2O3S/c1-21-16-9-6-13(10-15(16)17-11-22)3-2-12-4-7-14(8-5-12)18(19)20/h2-10H,1H3. The number of thiocarbonyl (C=S) groups is 1.